The first-order chi connectivity index (χ1) is 10.3. The average Bonchev–Trinajstić information content (AvgIpc) is 2.49. The summed E-state index contributed by atoms with van der Waals surface area (Å²) in [6.45, 7) is 9.42. The Bertz CT molecular complexity index is 402. The summed E-state index contributed by atoms with van der Waals surface area (Å²) in [6, 6.07) is 8.97. The van der Waals surface area contributed by atoms with Gasteiger partial charge < -0.3 is 10.2 Å². The van der Waals surface area contributed by atoms with Gasteiger partial charge in [0.1, 0.15) is 0 Å². The summed E-state index contributed by atoms with van der Waals surface area (Å²) in [4.78, 5) is 2.61. The highest BCUT2D eigenvalue weighted by molar-refractivity contribution is 5.55. The fourth-order valence-corrected chi connectivity index (χ4v) is 3.33. The van der Waals surface area contributed by atoms with Gasteiger partial charge in [0.25, 0.3) is 0 Å². The molecule has 0 saturated heterocycles. The normalized spacial score (nSPS) is 17.8. The zero-order valence-corrected chi connectivity index (χ0v) is 13.9. The van der Waals surface area contributed by atoms with Gasteiger partial charge >= 0.3 is 0 Å². The highest BCUT2D eigenvalue weighted by Gasteiger charge is 2.20. The van der Waals surface area contributed by atoms with Crippen LogP contribution in [-0.2, 0) is 6.42 Å². The van der Waals surface area contributed by atoms with Crippen LogP contribution in [0.2, 0.25) is 0 Å². The van der Waals surface area contributed by atoms with Crippen LogP contribution in [0, 0.1) is 5.92 Å². The minimum absolute atomic E-state index is 0.790. The van der Waals surface area contributed by atoms with Gasteiger partial charge in [0.2, 0.25) is 0 Å². The summed E-state index contributed by atoms with van der Waals surface area (Å²) in [7, 11) is 0. The molecule has 1 atom stereocenters. The fourth-order valence-electron chi connectivity index (χ4n) is 3.33. The molecule has 0 bridgehead atoms. The molecule has 21 heavy (non-hydrogen) atoms. The molecule has 1 aliphatic heterocycles. The third-order valence-corrected chi connectivity index (χ3v) is 4.39. The van der Waals surface area contributed by atoms with Gasteiger partial charge in [-0.25, -0.2) is 0 Å². The summed E-state index contributed by atoms with van der Waals surface area (Å²) in [5.41, 5.74) is 3.03. The number of benzene rings is 1. The maximum atomic E-state index is 3.48. The van der Waals surface area contributed by atoms with Gasteiger partial charge in [-0.2, -0.15) is 0 Å². The molecule has 1 unspecified atom stereocenters. The maximum absolute atomic E-state index is 3.48. The minimum Gasteiger partial charge on any atom is -0.371 e. The van der Waals surface area contributed by atoms with Crippen molar-refractivity contribution >= 4 is 5.69 Å². The lowest BCUT2D eigenvalue weighted by Crippen LogP contribution is -2.35. The van der Waals surface area contributed by atoms with Crippen molar-refractivity contribution in [2.75, 3.05) is 31.1 Å². The van der Waals surface area contributed by atoms with Crippen molar-refractivity contribution in [3.63, 3.8) is 0 Å². The quantitative estimate of drug-likeness (QED) is 0.684. The molecule has 2 rings (SSSR count). The molecule has 2 heteroatoms. The van der Waals surface area contributed by atoms with Crippen molar-refractivity contribution in [1.82, 2.24) is 5.32 Å². The fraction of sp³-hybridized carbons (Fsp3) is 0.684. The van der Waals surface area contributed by atoms with Crippen LogP contribution in [-0.4, -0.2) is 26.2 Å². The molecule has 0 fully saturated rings. The van der Waals surface area contributed by atoms with E-state index >= 15 is 0 Å². The van der Waals surface area contributed by atoms with Gasteiger partial charge in [0.05, 0.1) is 0 Å². The zero-order chi connectivity index (χ0) is 14.9. The van der Waals surface area contributed by atoms with E-state index in [1.807, 2.05) is 0 Å². The second-order valence-electron chi connectivity index (χ2n) is 6.55. The van der Waals surface area contributed by atoms with Crippen LogP contribution in [0.15, 0.2) is 24.3 Å². The van der Waals surface area contributed by atoms with E-state index in [2.05, 4.69) is 48.3 Å². The molecule has 0 spiro atoms. The van der Waals surface area contributed by atoms with E-state index in [-0.39, 0.29) is 0 Å². The highest BCUT2D eigenvalue weighted by atomic mass is 15.1. The molecule has 1 N–H and O–H groups in total. The molecule has 118 valence electrons. The third kappa shape index (κ3) is 5.35. The number of nitrogens with one attached hydrogen (secondary N) is 1. The smallest absolute Gasteiger partial charge is 0.0398 e. The molecule has 0 aromatic heterocycles. The number of hydrogen-bond acceptors (Lipinski definition) is 2. The van der Waals surface area contributed by atoms with E-state index in [0.29, 0.717) is 0 Å². The summed E-state index contributed by atoms with van der Waals surface area (Å²) < 4.78 is 0. The first kappa shape index (κ1) is 16.4. The van der Waals surface area contributed by atoms with Gasteiger partial charge in [0.15, 0.2) is 0 Å². The molecule has 0 radical (unpaired) electrons. The number of hydrogen-bond donors (Lipinski definition) is 1. The number of fused-ring (bicyclic) bond motifs is 1. The van der Waals surface area contributed by atoms with Gasteiger partial charge in [-0.3, -0.25) is 0 Å². The SMILES string of the molecule is CCCNCCCCCCN1CC(C)Cc2ccccc21. The first-order valence-corrected chi connectivity index (χ1v) is 8.85. The predicted molar refractivity (Wildman–Crippen MR) is 93.2 cm³/mol. The van der Waals surface area contributed by atoms with Crippen LogP contribution < -0.4 is 10.2 Å². The molecule has 0 amide bonds. The average molecular weight is 288 g/mol. The highest BCUT2D eigenvalue weighted by Crippen LogP contribution is 2.29. The lowest BCUT2D eigenvalue weighted by Gasteiger charge is -2.35. The van der Waals surface area contributed by atoms with E-state index in [4.69, 9.17) is 0 Å². The molecule has 1 aliphatic rings. The van der Waals surface area contributed by atoms with Crippen molar-refractivity contribution in [3.8, 4) is 0 Å². The predicted octanol–water partition coefficient (Wildman–Crippen LogP) is 4.25. The van der Waals surface area contributed by atoms with Crippen molar-refractivity contribution in [1.29, 1.82) is 0 Å². The van der Waals surface area contributed by atoms with Crippen molar-refractivity contribution in [3.05, 3.63) is 29.8 Å². The standard InChI is InChI=1S/C19H32N2/c1-3-12-20-13-8-4-5-9-14-21-16-17(2)15-18-10-6-7-11-19(18)21/h6-7,10-11,17,20H,3-5,8-9,12-16H2,1-2H3. The van der Waals surface area contributed by atoms with Crippen LogP contribution in [0.4, 0.5) is 5.69 Å². The Balaban J connectivity index is 1.67. The van der Waals surface area contributed by atoms with Gasteiger partial charge in [-0.05, 0) is 56.3 Å². The molecule has 0 aliphatic carbocycles. The Labute approximate surface area is 130 Å². The molecule has 2 nitrogen and oxygen atoms in total. The number of nitrogens with zero attached hydrogens (tertiary/aromatic N) is 1. The Morgan fingerprint density at radius 3 is 2.76 bits per heavy atom. The van der Waals surface area contributed by atoms with Crippen LogP contribution >= 0.6 is 0 Å². The number of unbranched alkanes of at least 4 members (excludes halogenated alkanes) is 3. The summed E-state index contributed by atoms with van der Waals surface area (Å²) in [5, 5.41) is 3.48. The molecule has 0 saturated carbocycles. The second-order valence-corrected chi connectivity index (χ2v) is 6.55. The molecular formula is C19H32N2. The Morgan fingerprint density at radius 2 is 1.90 bits per heavy atom. The van der Waals surface area contributed by atoms with E-state index in [1.165, 1.54) is 70.4 Å². The molecule has 1 aromatic carbocycles. The zero-order valence-electron chi connectivity index (χ0n) is 13.9. The third-order valence-electron chi connectivity index (χ3n) is 4.39. The second kappa shape index (κ2) is 9.09. The monoisotopic (exact) mass is 288 g/mol. The summed E-state index contributed by atoms with van der Waals surface area (Å²) in [5.74, 6) is 0.790. The van der Waals surface area contributed by atoms with E-state index in [0.717, 1.165) is 5.92 Å². The maximum Gasteiger partial charge on any atom is 0.0398 e. The number of para-hydroxylation sites is 1. The Kier molecular flexibility index (Phi) is 7.08. The minimum atomic E-state index is 0.790. The molecule has 1 heterocycles. The summed E-state index contributed by atoms with van der Waals surface area (Å²) >= 11 is 0. The molecular weight excluding hydrogens is 256 g/mol. The topological polar surface area (TPSA) is 15.3 Å². The van der Waals surface area contributed by atoms with Crippen LogP contribution in [0.1, 0.15) is 51.5 Å². The number of anilines is 1. The Morgan fingerprint density at radius 1 is 1.10 bits per heavy atom. The lowest BCUT2D eigenvalue weighted by molar-refractivity contribution is 0.515. The van der Waals surface area contributed by atoms with Crippen LogP contribution in [0.25, 0.3) is 0 Å². The number of rotatable bonds is 9. The largest absolute Gasteiger partial charge is 0.371 e. The van der Waals surface area contributed by atoms with Crippen molar-refractivity contribution in [2.24, 2.45) is 5.92 Å². The van der Waals surface area contributed by atoms with Crippen LogP contribution in [0.3, 0.4) is 0 Å². The van der Waals surface area contributed by atoms with Gasteiger partial charge in [-0.15, -0.1) is 0 Å². The lowest BCUT2D eigenvalue weighted by atomic mass is 9.93. The Hall–Kier alpha value is -1.02. The van der Waals surface area contributed by atoms with E-state index < -0.39 is 0 Å². The van der Waals surface area contributed by atoms with Crippen molar-refractivity contribution in [2.45, 2.75) is 52.4 Å². The van der Waals surface area contributed by atoms with Crippen LogP contribution in [0.5, 0.6) is 0 Å². The van der Waals surface area contributed by atoms with Gasteiger partial charge in [-0.1, -0.05) is 44.9 Å². The summed E-state index contributed by atoms with van der Waals surface area (Å²) in [6.07, 6.45) is 7.87. The first-order valence-electron chi connectivity index (χ1n) is 8.85. The van der Waals surface area contributed by atoms with E-state index in [1.54, 1.807) is 5.56 Å². The van der Waals surface area contributed by atoms with E-state index in [9.17, 15) is 0 Å². The molecule has 1 aromatic rings. The van der Waals surface area contributed by atoms with Gasteiger partial charge in [0, 0.05) is 18.8 Å². The van der Waals surface area contributed by atoms with Crippen molar-refractivity contribution < 1.29 is 0 Å².